The number of phenolic OH excluding ortho intramolecular Hbond substituents is 1. The van der Waals surface area contributed by atoms with E-state index in [4.69, 9.17) is 21.3 Å². The molecule has 2 aliphatic carbocycles. The van der Waals surface area contributed by atoms with Crippen LogP contribution in [0.4, 0.5) is 9.18 Å². The lowest BCUT2D eigenvalue weighted by Crippen LogP contribution is -2.45. The molecule has 2 atom stereocenters. The van der Waals surface area contributed by atoms with E-state index in [0.717, 1.165) is 42.5 Å². The lowest BCUT2D eigenvalue weighted by Gasteiger charge is -2.36. The van der Waals surface area contributed by atoms with Crippen molar-refractivity contribution in [1.82, 2.24) is 10.6 Å². The van der Waals surface area contributed by atoms with Gasteiger partial charge in [0.25, 0.3) is 0 Å². The molecule has 1 aromatic carbocycles. The maximum atomic E-state index is 14.4. The van der Waals surface area contributed by atoms with Crippen LogP contribution in [0.15, 0.2) is 46.1 Å². The number of amides is 1. The number of fused-ring (bicyclic) bond motifs is 1. The van der Waals surface area contributed by atoms with Gasteiger partial charge in [-0.25, -0.2) is 9.18 Å². The second-order valence-corrected chi connectivity index (χ2v) is 12.6. The van der Waals surface area contributed by atoms with Crippen molar-refractivity contribution < 1.29 is 23.8 Å². The van der Waals surface area contributed by atoms with Crippen molar-refractivity contribution in [1.29, 1.82) is 0 Å². The average Bonchev–Trinajstić information content (AvgIpc) is 2.86. The Morgan fingerprint density at radius 1 is 1.15 bits per heavy atom. The van der Waals surface area contributed by atoms with Crippen LogP contribution in [0.25, 0.3) is 5.57 Å². The number of carbonyl (C=O) groups is 2. The molecule has 1 saturated carbocycles. The molecule has 216 valence electrons. The van der Waals surface area contributed by atoms with E-state index in [9.17, 15) is 19.1 Å². The molecule has 2 unspecified atom stereocenters. The topological polar surface area (TPSA) is 100 Å². The number of ether oxygens (including phenoxy) is 1. The van der Waals surface area contributed by atoms with E-state index in [2.05, 4.69) is 10.6 Å². The number of allylic oxidation sites excluding steroid dienone is 3. The summed E-state index contributed by atoms with van der Waals surface area (Å²) in [6.45, 7) is 11.3. The molecule has 9 heteroatoms. The van der Waals surface area contributed by atoms with Gasteiger partial charge in [0.15, 0.2) is 17.3 Å². The fourth-order valence-corrected chi connectivity index (χ4v) is 5.61. The molecule has 1 heterocycles. The summed E-state index contributed by atoms with van der Waals surface area (Å²) in [5.41, 5.74) is 2.90. The Hall–Kier alpha value is -3.13. The van der Waals surface area contributed by atoms with E-state index in [1.165, 1.54) is 12.1 Å². The largest absolute Gasteiger partial charge is 0.504 e. The molecule has 40 heavy (non-hydrogen) atoms. The molecule has 0 spiro atoms. The first kappa shape index (κ1) is 29.8. The standard InChI is InChI=1S/C31H39ClFN3O4/c1-16(2)28(37)23-15-34-26-17(3)11-18(19-13-24(32)29(38)25(33)14-19)12-22(26)27(23)35-20-7-9-21(10-8-20)36-30(39)40-31(4,5)6/h11-17,20-21,26,35,38H,7-10H2,1-6H3,(H,36,39). The number of hydrogen-bond acceptors (Lipinski definition) is 6. The highest BCUT2D eigenvalue weighted by Crippen LogP contribution is 2.39. The predicted octanol–water partition coefficient (Wildman–Crippen LogP) is 6.50. The molecular formula is C31H39ClFN3O4. The average molecular weight is 572 g/mol. The number of nitrogens with zero attached hydrogens (tertiary/aromatic N) is 1. The van der Waals surface area contributed by atoms with E-state index in [1.807, 2.05) is 53.7 Å². The molecule has 0 radical (unpaired) electrons. The maximum absolute atomic E-state index is 14.4. The van der Waals surface area contributed by atoms with Crippen LogP contribution in [0.5, 0.6) is 5.75 Å². The summed E-state index contributed by atoms with van der Waals surface area (Å²) in [5, 5.41) is 16.4. The van der Waals surface area contributed by atoms with Crippen molar-refractivity contribution >= 4 is 35.3 Å². The van der Waals surface area contributed by atoms with Gasteiger partial charge in [-0.2, -0.15) is 0 Å². The molecule has 4 rings (SSSR count). The molecule has 3 aliphatic rings. The lowest BCUT2D eigenvalue weighted by molar-refractivity contribution is -0.117. The Morgan fingerprint density at radius 2 is 1.80 bits per heavy atom. The van der Waals surface area contributed by atoms with Crippen molar-refractivity contribution in [2.75, 3.05) is 0 Å². The first-order chi connectivity index (χ1) is 18.7. The van der Waals surface area contributed by atoms with Crippen LogP contribution < -0.4 is 10.6 Å². The molecule has 1 amide bonds. The number of nitrogens with one attached hydrogen (secondary N) is 2. The third kappa shape index (κ3) is 6.77. The highest BCUT2D eigenvalue weighted by Gasteiger charge is 2.35. The number of aromatic hydroxyl groups is 1. The minimum absolute atomic E-state index is 0.00615. The van der Waals surface area contributed by atoms with Crippen LogP contribution in [0, 0.1) is 17.7 Å². The molecule has 7 nitrogen and oxygen atoms in total. The first-order valence-corrected chi connectivity index (χ1v) is 14.3. The number of carbonyl (C=O) groups excluding carboxylic acids is 2. The summed E-state index contributed by atoms with van der Waals surface area (Å²) in [6, 6.07) is 2.73. The number of aliphatic imine (C=N–C) groups is 1. The first-order valence-electron chi connectivity index (χ1n) is 13.9. The summed E-state index contributed by atoms with van der Waals surface area (Å²) < 4.78 is 19.8. The number of dihydropyridines is 1. The Morgan fingerprint density at radius 3 is 2.40 bits per heavy atom. The number of ketones is 1. The zero-order valence-electron chi connectivity index (χ0n) is 24.0. The van der Waals surface area contributed by atoms with Gasteiger partial charge in [-0.3, -0.25) is 9.79 Å². The molecule has 3 N–H and O–H groups in total. The highest BCUT2D eigenvalue weighted by molar-refractivity contribution is 6.32. The normalized spacial score (nSPS) is 24.7. The molecule has 1 aliphatic heterocycles. The van der Waals surface area contributed by atoms with Gasteiger partial charge in [-0.15, -0.1) is 0 Å². The van der Waals surface area contributed by atoms with Crippen LogP contribution >= 0.6 is 11.6 Å². The van der Waals surface area contributed by atoms with E-state index >= 15 is 0 Å². The van der Waals surface area contributed by atoms with Crippen molar-refractivity contribution in [2.24, 2.45) is 16.8 Å². The third-order valence-corrected chi connectivity index (χ3v) is 7.72. The number of phenols is 1. The summed E-state index contributed by atoms with van der Waals surface area (Å²) in [4.78, 5) is 30.3. The van der Waals surface area contributed by atoms with Crippen LogP contribution in [0.3, 0.4) is 0 Å². The van der Waals surface area contributed by atoms with Gasteiger partial charge >= 0.3 is 6.09 Å². The quantitative estimate of drug-likeness (QED) is 0.362. The van der Waals surface area contributed by atoms with Gasteiger partial charge in [0.05, 0.1) is 22.3 Å². The smallest absolute Gasteiger partial charge is 0.407 e. The predicted molar refractivity (Wildman–Crippen MR) is 156 cm³/mol. The second kappa shape index (κ2) is 11.8. The maximum Gasteiger partial charge on any atom is 0.407 e. The third-order valence-electron chi connectivity index (χ3n) is 7.43. The van der Waals surface area contributed by atoms with Gasteiger partial charge in [0, 0.05) is 35.7 Å². The number of rotatable bonds is 6. The van der Waals surface area contributed by atoms with Crippen LogP contribution in [-0.4, -0.2) is 46.9 Å². The molecule has 0 saturated heterocycles. The zero-order valence-corrected chi connectivity index (χ0v) is 24.7. The van der Waals surface area contributed by atoms with Crippen molar-refractivity contribution in [2.45, 2.75) is 91.0 Å². The van der Waals surface area contributed by atoms with Crippen molar-refractivity contribution in [3.05, 3.63) is 57.5 Å². The van der Waals surface area contributed by atoms with E-state index < -0.39 is 23.3 Å². The van der Waals surface area contributed by atoms with Gasteiger partial charge in [0.2, 0.25) is 0 Å². The van der Waals surface area contributed by atoms with Crippen molar-refractivity contribution in [3.63, 3.8) is 0 Å². The van der Waals surface area contributed by atoms with Crippen LogP contribution in [0.1, 0.15) is 72.8 Å². The molecule has 0 aromatic heterocycles. The number of halogens is 2. The van der Waals surface area contributed by atoms with E-state index in [1.54, 1.807) is 6.21 Å². The second-order valence-electron chi connectivity index (χ2n) is 12.2. The van der Waals surface area contributed by atoms with E-state index in [-0.39, 0.29) is 40.8 Å². The van der Waals surface area contributed by atoms with Crippen LogP contribution in [0.2, 0.25) is 5.02 Å². The number of benzene rings is 1. The highest BCUT2D eigenvalue weighted by atomic mass is 35.5. The minimum atomic E-state index is -0.792. The summed E-state index contributed by atoms with van der Waals surface area (Å²) in [5.74, 6) is -1.62. The Bertz CT molecular complexity index is 1280. The number of alkyl carbamates (subject to hydrolysis) is 1. The summed E-state index contributed by atoms with van der Waals surface area (Å²) >= 11 is 6.08. The van der Waals surface area contributed by atoms with Crippen molar-refractivity contribution in [3.8, 4) is 5.75 Å². The summed E-state index contributed by atoms with van der Waals surface area (Å²) in [6.07, 6.45) is 8.40. The minimum Gasteiger partial charge on any atom is -0.504 e. The molecule has 1 fully saturated rings. The van der Waals surface area contributed by atoms with Gasteiger partial charge in [-0.05, 0) is 75.8 Å². The van der Waals surface area contributed by atoms with Gasteiger partial charge in [0.1, 0.15) is 5.60 Å². The SMILES string of the molecule is CC(C)C(=O)C1=C(NC2CCC(NC(=O)OC(C)(C)C)CC2)C2=CC(c3cc(F)c(O)c(Cl)c3)=CC(C)C2N=C1. The van der Waals surface area contributed by atoms with Gasteiger partial charge < -0.3 is 20.5 Å². The summed E-state index contributed by atoms with van der Waals surface area (Å²) in [7, 11) is 0. The Balaban J connectivity index is 1.60. The Labute approximate surface area is 240 Å². The Kier molecular flexibility index (Phi) is 8.78. The fourth-order valence-electron chi connectivity index (χ4n) is 5.40. The van der Waals surface area contributed by atoms with E-state index in [0.29, 0.717) is 11.1 Å². The van der Waals surface area contributed by atoms with Gasteiger partial charge in [-0.1, -0.05) is 38.4 Å². The lowest BCUT2D eigenvalue weighted by atomic mass is 9.79. The zero-order chi connectivity index (χ0) is 29.4. The molecule has 0 bridgehead atoms. The fraction of sp³-hybridized carbons (Fsp3) is 0.516. The monoisotopic (exact) mass is 571 g/mol. The molecule has 1 aromatic rings. The number of Topliss-reactive ketones (excluding diaryl/α,β-unsaturated/α-hetero) is 1. The van der Waals surface area contributed by atoms with Crippen LogP contribution in [-0.2, 0) is 9.53 Å². The molecular weight excluding hydrogens is 533 g/mol. The number of hydrogen-bond donors (Lipinski definition) is 3.